The molecular formula is C13H18FN3. The smallest absolute Gasteiger partial charge is 0.136 e. The lowest BCUT2D eigenvalue weighted by Crippen LogP contribution is -2.34. The topological polar surface area (TPSA) is 53.1 Å². The van der Waals surface area contributed by atoms with Crippen molar-refractivity contribution in [2.75, 3.05) is 18.0 Å². The van der Waals surface area contributed by atoms with E-state index in [1.807, 2.05) is 6.07 Å². The number of benzene rings is 1. The van der Waals surface area contributed by atoms with Crippen LogP contribution >= 0.6 is 0 Å². The molecule has 1 heterocycles. The maximum atomic E-state index is 13.7. The van der Waals surface area contributed by atoms with Crippen LogP contribution in [-0.4, -0.2) is 18.9 Å². The fourth-order valence-corrected chi connectivity index (χ4v) is 2.29. The van der Waals surface area contributed by atoms with Crippen molar-refractivity contribution < 1.29 is 4.39 Å². The van der Waals surface area contributed by atoms with Gasteiger partial charge in [0.1, 0.15) is 11.7 Å². The number of nitrogen functional groups attached to an aromatic ring is 1. The maximum Gasteiger partial charge on any atom is 0.136 e. The van der Waals surface area contributed by atoms with Gasteiger partial charge in [-0.25, -0.2) is 4.39 Å². The molecule has 0 radical (unpaired) electrons. The third-order valence-electron chi connectivity index (χ3n) is 3.39. The summed E-state index contributed by atoms with van der Waals surface area (Å²) in [6.07, 6.45) is 2.21. The Hall–Kier alpha value is -1.58. The molecule has 3 N–H and O–H groups in total. The number of halogens is 1. The van der Waals surface area contributed by atoms with Crippen molar-refractivity contribution in [3.05, 3.63) is 29.6 Å². The highest BCUT2D eigenvalue weighted by atomic mass is 19.1. The van der Waals surface area contributed by atoms with E-state index in [0.29, 0.717) is 0 Å². The van der Waals surface area contributed by atoms with Crippen molar-refractivity contribution in [2.24, 2.45) is 11.7 Å². The Morgan fingerprint density at radius 3 is 2.65 bits per heavy atom. The number of rotatable bonds is 2. The number of nitrogens with one attached hydrogen (secondary N) is 1. The monoisotopic (exact) mass is 235 g/mol. The van der Waals surface area contributed by atoms with E-state index >= 15 is 0 Å². The fraction of sp³-hybridized carbons (Fsp3) is 0.462. The molecule has 0 atom stereocenters. The van der Waals surface area contributed by atoms with E-state index in [0.717, 1.165) is 37.5 Å². The SMILES string of the molecule is CC1CCN(c2cccc(F)c2C(=N)N)CC1. The van der Waals surface area contributed by atoms with Gasteiger partial charge in [0, 0.05) is 13.1 Å². The van der Waals surface area contributed by atoms with Gasteiger partial charge in [0.25, 0.3) is 0 Å². The molecule has 2 rings (SSSR count). The first-order valence-corrected chi connectivity index (χ1v) is 5.97. The van der Waals surface area contributed by atoms with Crippen LogP contribution < -0.4 is 10.6 Å². The summed E-state index contributed by atoms with van der Waals surface area (Å²) in [5, 5.41) is 7.49. The van der Waals surface area contributed by atoms with E-state index in [1.165, 1.54) is 6.07 Å². The van der Waals surface area contributed by atoms with Gasteiger partial charge in [0.05, 0.1) is 11.3 Å². The summed E-state index contributed by atoms with van der Waals surface area (Å²) in [5.41, 5.74) is 6.46. The zero-order valence-electron chi connectivity index (χ0n) is 10.0. The lowest BCUT2D eigenvalue weighted by atomic mass is 9.98. The second-order valence-corrected chi connectivity index (χ2v) is 4.72. The number of anilines is 1. The highest BCUT2D eigenvalue weighted by molar-refractivity contribution is 6.00. The number of nitrogens with two attached hydrogens (primary N) is 1. The molecule has 0 unspecified atom stereocenters. The first-order valence-electron chi connectivity index (χ1n) is 5.97. The molecule has 92 valence electrons. The first-order chi connectivity index (χ1) is 8.09. The lowest BCUT2D eigenvalue weighted by molar-refractivity contribution is 0.438. The molecular weight excluding hydrogens is 217 g/mol. The molecule has 3 nitrogen and oxygen atoms in total. The molecule has 1 aliphatic rings. The van der Waals surface area contributed by atoms with Crippen LogP contribution in [0.4, 0.5) is 10.1 Å². The van der Waals surface area contributed by atoms with Crippen LogP contribution in [0.3, 0.4) is 0 Å². The van der Waals surface area contributed by atoms with Crippen molar-refractivity contribution in [1.29, 1.82) is 5.41 Å². The van der Waals surface area contributed by atoms with Gasteiger partial charge in [-0.1, -0.05) is 13.0 Å². The predicted octanol–water partition coefficient (Wildman–Crippen LogP) is 2.35. The van der Waals surface area contributed by atoms with Crippen LogP contribution in [0.5, 0.6) is 0 Å². The molecule has 4 heteroatoms. The van der Waals surface area contributed by atoms with Gasteiger partial charge in [-0.3, -0.25) is 5.41 Å². The fourth-order valence-electron chi connectivity index (χ4n) is 2.29. The average molecular weight is 235 g/mol. The number of amidine groups is 1. The van der Waals surface area contributed by atoms with Crippen molar-refractivity contribution in [3.63, 3.8) is 0 Å². The predicted molar refractivity (Wildman–Crippen MR) is 68.0 cm³/mol. The van der Waals surface area contributed by atoms with Crippen molar-refractivity contribution >= 4 is 11.5 Å². The van der Waals surface area contributed by atoms with Gasteiger partial charge in [-0.2, -0.15) is 0 Å². The van der Waals surface area contributed by atoms with Gasteiger partial charge in [0.2, 0.25) is 0 Å². The lowest BCUT2D eigenvalue weighted by Gasteiger charge is -2.33. The molecule has 1 aliphatic heterocycles. The Labute approximate surface area is 101 Å². The Kier molecular flexibility index (Phi) is 3.31. The molecule has 0 aromatic heterocycles. The van der Waals surface area contributed by atoms with Crippen LogP contribution in [0.15, 0.2) is 18.2 Å². The number of piperidine rings is 1. The summed E-state index contributed by atoms with van der Waals surface area (Å²) in [6, 6.07) is 4.87. The van der Waals surface area contributed by atoms with Gasteiger partial charge in [-0.05, 0) is 30.9 Å². The summed E-state index contributed by atoms with van der Waals surface area (Å²) >= 11 is 0. The first kappa shape index (κ1) is 11.9. The summed E-state index contributed by atoms with van der Waals surface area (Å²) in [7, 11) is 0. The molecule has 17 heavy (non-hydrogen) atoms. The molecule has 1 aromatic rings. The Morgan fingerprint density at radius 1 is 1.41 bits per heavy atom. The van der Waals surface area contributed by atoms with E-state index in [-0.39, 0.29) is 11.4 Å². The quantitative estimate of drug-likeness (QED) is 0.610. The largest absolute Gasteiger partial charge is 0.384 e. The van der Waals surface area contributed by atoms with Crippen LogP contribution in [0, 0.1) is 17.1 Å². The highest BCUT2D eigenvalue weighted by Crippen LogP contribution is 2.27. The molecule has 0 spiro atoms. The number of hydrogen-bond donors (Lipinski definition) is 2. The van der Waals surface area contributed by atoms with Crippen molar-refractivity contribution in [2.45, 2.75) is 19.8 Å². The zero-order valence-corrected chi connectivity index (χ0v) is 10.0. The average Bonchev–Trinajstić information content (AvgIpc) is 2.29. The van der Waals surface area contributed by atoms with Crippen LogP contribution in [0.25, 0.3) is 0 Å². The van der Waals surface area contributed by atoms with Gasteiger partial charge >= 0.3 is 0 Å². The molecule has 1 aromatic carbocycles. The standard InChI is InChI=1S/C13H18FN3/c1-9-5-7-17(8-6-9)11-4-2-3-10(14)12(11)13(15)16/h2-4,9H,5-8H2,1H3,(H3,15,16). The number of hydrogen-bond acceptors (Lipinski definition) is 2. The van der Waals surface area contributed by atoms with E-state index in [1.54, 1.807) is 6.07 Å². The summed E-state index contributed by atoms with van der Waals surface area (Å²) in [5.74, 6) is 0.117. The Bertz CT molecular complexity index is 423. The molecule has 0 bridgehead atoms. The summed E-state index contributed by atoms with van der Waals surface area (Å²) in [6.45, 7) is 4.05. The van der Waals surface area contributed by atoms with Gasteiger partial charge in [-0.15, -0.1) is 0 Å². The third-order valence-corrected chi connectivity index (χ3v) is 3.39. The second kappa shape index (κ2) is 4.73. The zero-order chi connectivity index (χ0) is 12.4. The highest BCUT2D eigenvalue weighted by Gasteiger charge is 2.20. The molecule has 0 amide bonds. The number of nitrogens with zero attached hydrogens (tertiary/aromatic N) is 1. The second-order valence-electron chi connectivity index (χ2n) is 4.72. The van der Waals surface area contributed by atoms with Crippen molar-refractivity contribution in [1.82, 2.24) is 0 Å². The van der Waals surface area contributed by atoms with Gasteiger partial charge < -0.3 is 10.6 Å². The Morgan fingerprint density at radius 2 is 2.06 bits per heavy atom. The van der Waals surface area contributed by atoms with Crippen molar-refractivity contribution in [3.8, 4) is 0 Å². The maximum absolute atomic E-state index is 13.7. The normalized spacial score (nSPS) is 17.2. The summed E-state index contributed by atoms with van der Waals surface area (Å²) < 4.78 is 13.7. The van der Waals surface area contributed by atoms with Gasteiger partial charge in [0.15, 0.2) is 0 Å². The minimum absolute atomic E-state index is 0.197. The van der Waals surface area contributed by atoms with Crippen LogP contribution in [-0.2, 0) is 0 Å². The Balaban J connectivity index is 2.32. The van der Waals surface area contributed by atoms with E-state index in [9.17, 15) is 4.39 Å². The molecule has 1 saturated heterocycles. The van der Waals surface area contributed by atoms with E-state index in [2.05, 4.69) is 11.8 Å². The third kappa shape index (κ3) is 2.40. The van der Waals surface area contributed by atoms with E-state index < -0.39 is 5.82 Å². The minimum atomic E-state index is -0.409. The molecule has 1 fully saturated rings. The minimum Gasteiger partial charge on any atom is -0.384 e. The molecule has 0 saturated carbocycles. The molecule has 0 aliphatic carbocycles. The van der Waals surface area contributed by atoms with Crippen LogP contribution in [0.1, 0.15) is 25.3 Å². The summed E-state index contributed by atoms with van der Waals surface area (Å²) in [4.78, 5) is 2.12. The van der Waals surface area contributed by atoms with Crippen LogP contribution in [0.2, 0.25) is 0 Å². The van der Waals surface area contributed by atoms with E-state index in [4.69, 9.17) is 11.1 Å².